The summed E-state index contributed by atoms with van der Waals surface area (Å²) in [6.45, 7) is 26.8. The molecule has 182 valence electrons. The van der Waals surface area contributed by atoms with Gasteiger partial charge in [-0.25, -0.2) is 0 Å². The van der Waals surface area contributed by atoms with Crippen LogP contribution in [0.25, 0.3) is 22.8 Å². The molecule has 0 saturated heterocycles. The summed E-state index contributed by atoms with van der Waals surface area (Å²) in [5.41, 5.74) is 15.1. The second-order valence-corrected chi connectivity index (χ2v) is 11.9. The van der Waals surface area contributed by atoms with Gasteiger partial charge >= 0.3 is 0 Å². The maximum atomic E-state index is 4.58. The predicted molar refractivity (Wildman–Crippen MR) is 155 cm³/mol. The van der Waals surface area contributed by atoms with Crippen LogP contribution in [0, 0.1) is 24.2 Å². The van der Waals surface area contributed by atoms with E-state index in [1.807, 2.05) is 0 Å². The summed E-state index contributed by atoms with van der Waals surface area (Å²) < 4.78 is 0. The van der Waals surface area contributed by atoms with Crippen molar-refractivity contribution in [3.05, 3.63) is 107 Å². The number of benzene rings is 2. The van der Waals surface area contributed by atoms with Gasteiger partial charge in [-0.15, -0.1) is 0 Å². The largest absolute Gasteiger partial charge is 0.0986 e. The van der Waals surface area contributed by atoms with E-state index in [0.717, 1.165) is 31.3 Å². The zero-order valence-corrected chi connectivity index (χ0v) is 22.7. The molecule has 2 atom stereocenters. The smallest absolute Gasteiger partial charge is 0.00827 e. The number of allylic oxidation sites excluding steroid dienone is 6. The summed E-state index contributed by atoms with van der Waals surface area (Å²) in [6.07, 6.45) is 11.2. The fraction of sp³-hybridized carbons (Fsp3) is 0.371. The lowest BCUT2D eigenvalue weighted by Crippen LogP contribution is -2.21. The summed E-state index contributed by atoms with van der Waals surface area (Å²) in [4.78, 5) is 0. The van der Waals surface area contributed by atoms with Gasteiger partial charge in [-0.05, 0) is 101 Å². The van der Waals surface area contributed by atoms with Crippen LogP contribution in [0.2, 0.25) is 0 Å². The normalized spacial score (nSPS) is 19.7. The summed E-state index contributed by atoms with van der Waals surface area (Å²) in [5, 5.41) is 0. The van der Waals surface area contributed by atoms with Crippen molar-refractivity contribution >= 4 is 11.6 Å². The first-order valence-corrected chi connectivity index (χ1v) is 13.1. The van der Waals surface area contributed by atoms with Crippen molar-refractivity contribution in [2.24, 2.45) is 17.3 Å². The molecule has 0 aliphatic heterocycles. The Bertz CT molecular complexity index is 1250. The van der Waals surface area contributed by atoms with Crippen molar-refractivity contribution in [1.82, 2.24) is 0 Å². The van der Waals surface area contributed by atoms with E-state index in [1.54, 1.807) is 0 Å². The van der Waals surface area contributed by atoms with E-state index in [9.17, 15) is 0 Å². The Morgan fingerprint density at radius 2 is 1.83 bits per heavy atom. The van der Waals surface area contributed by atoms with Crippen LogP contribution in [-0.2, 0) is 12.8 Å². The minimum atomic E-state index is 0.284. The molecule has 4 rings (SSSR count). The van der Waals surface area contributed by atoms with Gasteiger partial charge in [0, 0.05) is 5.92 Å². The van der Waals surface area contributed by atoms with Crippen molar-refractivity contribution in [1.29, 1.82) is 0 Å². The van der Waals surface area contributed by atoms with Gasteiger partial charge in [0.1, 0.15) is 0 Å². The lowest BCUT2D eigenvalue weighted by molar-refractivity contribution is 0.334. The van der Waals surface area contributed by atoms with E-state index in [2.05, 4.69) is 110 Å². The molecule has 0 heterocycles. The molecule has 2 aromatic rings. The second kappa shape index (κ2) is 9.65. The van der Waals surface area contributed by atoms with Crippen LogP contribution in [-0.4, -0.2) is 0 Å². The number of hydrogen-bond acceptors (Lipinski definition) is 0. The van der Waals surface area contributed by atoms with Crippen LogP contribution in [0.15, 0.2) is 78.9 Å². The van der Waals surface area contributed by atoms with Gasteiger partial charge in [0.05, 0.1) is 0 Å². The van der Waals surface area contributed by atoms with Gasteiger partial charge in [0.2, 0.25) is 0 Å². The Kier molecular flexibility index (Phi) is 6.96. The van der Waals surface area contributed by atoms with Crippen LogP contribution in [0.4, 0.5) is 0 Å². The lowest BCUT2D eigenvalue weighted by atomic mass is 9.71. The molecular weight excluding hydrogens is 420 g/mol. The minimum absolute atomic E-state index is 0.284. The van der Waals surface area contributed by atoms with Crippen molar-refractivity contribution < 1.29 is 0 Å². The molecule has 2 aliphatic carbocycles. The number of aryl methyl sites for hydroxylation is 1. The number of fused-ring (bicyclic) bond motifs is 1. The first kappa shape index (κ1) is 25.2. The molecule has 0 nitrogen and oxygen atoms in total. The van der Waals surface area contributed by atoms with Crippen LogP contribution in [0.3, 0.4) is 0 Å². The Labute approximate surface area is 213 Å². The zero-order valence-electron chi connectivity index (χ0n) is 22.7. The quantitative estimate of drug-likeness (QED) is 0.375. The lowest BCUT2D eigenvalue weighted by Gasteiger charge is -2.33. The SMILES string of the molecule is C=C(C)c1cc(C)c(CC)c(-c2cccc3c2CC(CC2C(=C)C=CC(CC(C)(C)C)C2=C)=C3)c1. The molecular formula is C35H42. The average molecular weight is 463 g/mol. The fourth-order valence-electron chi connectivity index (χ4n) is 5.95. The Morgan fingerprint density at radius 1 is 1.09 bits per heavy atom. The average Bonchev–Trinajstić information content (AvgIpc) is 3.20. The third-order valence-corrected chi connectivity index (χ3v) is 7.80. The van der Waals surface area contributed by atoms with Gasteiger partial charge in [-0.1, -0.05) is 107 Å². The van der Waals surface area contributed by atoms with Crippen molar-refractivity contribution in [3.63, 3.8) is 0 Å². The van der Waals surface area contributed by atoms with E-state index < -0.39 is 0 Å². The first-order chi connectivity index (χ1) is 16.5. The third-order valence-electron chi connectivity index (χ3n) is 7.80. The molecule has 35 heavy (non-hydrogen) atoms. The minimum Gasteiger partial charge on any atom is -0.0986 e. The molecule has 2 unspecified atom stereocenters. The number of rotatable bonds is 6. The highest BCUT2D eigenvalue weighted by Gasteiger charge is 2.30. The maximum absolute atomic E-state index is 4.58. The molecule has 0 spiro atoms. The van der Waals surface area contributed by atoms with Gasteiger partial charge in [0.15, 0.2) is 0 Å². The summed E-state index contributed by atoms with van der Waals surface area (Å²) in [7, 11) is 0. The van der Waals surface area contributed by atoms with Gasteiger partial charge in [0.25, 0.3) is 0 Å². The Morgan fingerprint density at radius 3 is 2.49 bits per heavy atom. The van der Waals surface area contributed by atoms with Gasteiger partial charge < -0.3 is 0 Å². The monoisotopic (exact) mass is 462 g/mol. The van der Waals surface area contributed by atoms with Crippen molar-refractivity contribution in [2.75, 3.05) is 0 Å². The molecule has 0 N–H and O–H groups in total. The third kappa shape index (κ3) is 5.22. The standard InChI is InChI=1S/C35H42/c1-10-30-24(5)16-29(22(2)3)20-34(30)31-13-11-12-27-17-26(19-33(27)31)18-32-23(4)14-15-28(25(32)6)21-35(7,8)9/h11-17,20,28,32H,2,4,6,10,18-19,21H2,1,3,5,7-9H3. The topological polar surface area (TPSA) is 0 Å². The second-order valence-electron chi connectivity index (χ2n) is 11.9. The highest BCUT2D eigenvalue weighted by atomic mass is 14.3. The molecule has 0 radical (unpaired) electrons. The van der Waals surface area contributed by atoms with E-state index in [-0.39, 0.29) is 5.41 Å². The van der Waals surface area contributed by atoms with E-state index in [4.69, 9.17) is 0 Å². The van der Waals surface area contributed by atoms with Crippen molar-refractivity contribution in [3.8, 4) is 11.1 Å². The summed E-state index contributed by atoms with van der Waals surface area (Å²) >= 11 is 0. The molecule has 2 aliphatic rings. The number of hydrogen-bond donors (Lipinski definition) is 0. The maximum Gasteiger partial charge on any atom is 0.00827 e. The van der Waals surface area contributed by atoms with E-state index >= 15 is 0 Å². The highest BCUT2D eigenvalue weighted by molar-refractivity contribution is 5.82. The summed E-state index contributed by atoms with van der Waals surface area (Å²) in [5.74, 6) is 0.766. The molecule has 0 aromatic heterocycles. The van der Waals surface area contributed by atoms with E-state index in [1.165, 1.54) is 55.7 Å². The molecule has 0 amide bonds. The Balaban J connectivity index is 1.63. The Hall–Kier alpha value is -2.86. The molecule has 0 heteroatoms. The van der Waals surface area contributed by atoms with Gasteiger partial charge in [-0.3, -0.25) is 0 Å². The zero-order chi connectivity index (χ0) is 25.5. The van der Waals surface area contributed by atoms with Crippen LogP contribution >= 0.6 is 0 Å². The molecule has 0 bridgehead atoms. The summed E-state index contributed by atoms with van der Waals surface area (Å²) in [6, 6.07) is 11.5. The van der Waals surface area contributed by atoms with E-state index in [0.29, 0.717) is 11.8 Å². The van der Waals surface area contributed by atoms with Crippen LogP contribution < -0.4 is 0 Å². The van der Waals surface area contributed by atoms with Gasteiger partial charge in [-0.2, -0.15) is 0 Å². The fourth-order valence-corrected chi connectivity index (χ4v) is 5.95. The highest BCUT2D eigenvalue weighted by Crippen LogP contribution is 2.44. The first-order valence-electron chi connectivity index (χ1n) is 13.1. The van der Waals surface area contributed by atoms with Crippen molar-refractivity contribution in [2.45, 2.75) is 67.2 Å². The molecule has 2 aromatic carbocycles. The van der Waals surface area contributed by atoms with Crippen LogP contribution in [0.5, 0.6) is 0 Å². The molecule has 0 fully saturated rings. The predicted octanol–water partition coefficient (Wildman–Crippen LogP) is 9.94. The molecule has 0 saturated carbocycles. The van der Waals surface area contributed by atoms with Crippen LogP contribution in [0.1, 0.15) is 75.3 Å².